The lowest BCUT2D eigenvalue weighted by atomic mass is 10.1. The van der Waals surface area contributed by atoms with E-state index in [4.69, 9.17) is 9.72 Å². The lowest BCUT2D eigenvalue weighted by Gasteiger charge is -2.07. The summed E-state index contributed by atoms with van der Waals surface area (Å²) in [5.74, 6) is 0.795. The van der Waals surface area contributed by atoms with E-state index in [1.54, 1.807) is 0 Å². The Morgan fingerprint density at radius 1 is 1.25 bits per heavy atom. The van der Waals surface area contributed by atoms with E-state index in [0.717, 1.165) is 39.6 Å². The second kappa shape index (κ2) is 6.59. The number of rotatable bonds is 5. The number of fused-ring (bicyclic) bond motifs is 1. The Kier molecular flexibility index (Phi) is 4.35. The molecule has 0 fully saturated rings. The lowest BCUT2D eigenvalue weighted by molar-refractivity contribution is 0.353. The van der Waals surface area contributed by atoms with Crippen LogP contribution in [0.1, 0.15) is 18.3 Å². The monoisotopic (exact) mass is 317 g/mol. The van der Waals surface area contributed by atoms with E-state index in [1.165, 1.54) is 0 Å². The molecule has 2 aromatic heterocycles. The van der Waals surface area contributed by atoms with E-state index in [0.29, 0.717) is 13.0 Å². The number of imidazole rings is 1. The molecule has 2 heterocycles. The molecular weight excluding hydrogens is 298 g/mol. The molecule has 120 valence electrons. The Labute approximate surface area is 141 Å². The molecule has 3 aromatic rings. The molecule has 0 saturated carbocycles. The molecule has 4 heteroatoms. The third kappa shape index (κ3) is 3.02. The molecule has 1 aromatic carbocycles. The van der Waals surface area contributed by atoms with Crippen molar-refractivity contribution in [3.63, 3.8) is 0 Å². The summed E-state index contributed by atoms with van der Waals surface area (Å²) in [6.45, 7) is 8.29. The second-order valence-electron chi connectivity index (χ2n) is 5.87. The van der Waals surface area contributed by atoms with Gasteiger partial charge in [-0.25, -0.2) is 4.98 Å². The van der Waals surface area contributed by atoms with Gasteiger partial charge in [-0.05, 0) is 55.8 Å². The van der Waals surface area contributed by atoms with Gasteiger partial charge in [-0.15, -0.1) is 0 Å². The minimum absolute atomic E-state index is 0.315. The third-order valence-electron chi connectivity index (χ3n) is 3.79. The number of hydrogen-bond acceptors (Lipinski definition) is 3. The Hall–Kier alpha value is -3.06. The van der Waals surface area contributed by atoms with Gasteiger partial charge in [0.2, 0.25) is 0 Å². The second-order valence-corrected chi connectivity index (χ2v) is 5.87. The SMILES string of the molecule is C=C(C)COc1ccc(-c2nc3cccc(C)n3c2CC#N)cc1. The van der Waals surface area contributed by atoms with Gasteiger partial charge in [-0.3, -0.25) is 4.40 Å². The van der Waals surface area contributed by atoms with Crippen LogP contribution in [0.15, 0.2) is 54.6 Å². The summed E-state index contributed by atoms with van der Waals surface area (Å²) in [6, 6.07) is 16.0. The zero-order chi connectivity index (χ0) is 17.1. The zero-order valence-corrected chi connectivity index (χ0v) is 13.9. The first-order chi connectivity index (χ1) is 11.6. The molecule has 4 nitrogen and oxygen atoms in total. The number of ether oxygens (including phenoxy) is 1. The number of nitrogens with zero attached hydrogens (tertiary/aromatic N) is 3. The first-order valence-electron chi connectivity index (χ1n) is 7.81. The molecule has 0 bridgehead atoms. The molecule has 0 amide bonds. The van der Waals surface area contributed by atoms with Gasteiger partial charge >= 0.3 is 0 Å². The summed E-state index contributed by atoms with van der Waals surface area (Å²) in [6.07, 6.45) is 0.315. The van der Waals surface area contributed by atoms with Crippen molar-refractivity contribution in [3.05, 3.63) is 66.0 Å². The highest BCUT2D eigenvalue weighted by molar-refractivity contribution is 5.68. The van der Waals surface area contributed by atoms with Gasteiger partial charge in [-0.2, -0.15) is 5.26 Å². The topological polar surface area (TPSA) is 50.3 Å². The van der Waals surface area contributed by atoms with Crippen LogP contribution in [-0.4, -0.2) is 16.0 Å². The molecule has 0 atom stereocenters. The Balaban J connectivity index is 2.03. The van der Waals surface area contributed by atoms with Crippen LogP contribution in [0, 0.1) is 18.3 Å². The van der Waals surface area contributed by atoms with E-state index in [9.17, 15) is 5.26 Å². The normalized spacial score (nSPS) is 10.5. The molecular formula is C20H19N3O. The van der Waals surface area contributed by atoms with Crippen LogP contribution in [0.3, 0.4) is 0 Å². The molecule has 0 saturated heterocycles. The maximum atomic E-state index is 9.21. The van der Waals surface area contributed by atoms with Crippen molar-refractivity contribution in [2.75, 3.05) is 6.61 Å². The van der Waals surface area contributed by atoms with Gasteiger partial charge in [0.1, 0.15) is 18.0 Å². The van der Waals surface area contributed by atoms with E-state index in [2.05, 4.69) is 12.6 Å². The highest BCUT2D eigenvalue weighted by Crippen LogP contribution is 2.27. The van der Waals surface area contributed by atoms with Gasteiger partial charge < -0.3 is 4.74 Å². The number of nitriles is 1. The van der Waals surface area contributed by atoms with Crippen LogP contribution in [0.5, 0.6) is 5.75 Å². The van der Waals surface area contributed by atoms with Crippen molar-refractivity contribution in [1.82, 2.24) is 9.38 Å². The van der Waals surface area contributed by atoms with Crippen molar-refractivity contribution in [3.8, 4) is 23.1 Å². The largest absolute Gasteiger partial charge is 0.489 e. The van der Waals surface area contributed by atoms with Crippen molar-refractivity contribution in [1.29, 1.82) is 5.26 Å². The number of benzene rings is 1. The molecule has 3 rings (SSSR count). The van der Waals surface area contributed by atoms with Gasteiger partial charge in [-0.1, -0.05) is 12.6 Å². The summed E-state index contributed by atoms with van der Waals surface area (Å²) in [4.78, 5) is 4.72. The molecule has 0 aliphatic rings. The molecule has 0 radical (unpaired) electrons. The maximum absolute atomic E-state index is 9.21. The third-order valence-corrected chi connectivity index (χ3v) is 3.79. The first kappa shape index (κ1) is 15.8. The van der Waals surface area contributed by atoms with E-state index in [-0.39, 0.29) is 0 Å². The Morgan fingerprint density at radius 3 is 2.67 bits per heavy atom. The molecule has 24 heavy (non-hydrogen) atoms. The van der Waals surface area contributed by atoms with Crippen LogP contribution < -0.4 is 4.74 Å². The molecule has 0 spiro atoms. The van der Waals surface area contributed by atoms with Gasteiger partial charge in [0, 0.05) is 11.3 Å². The molecule has 0 N–H and O–H groups in total. The quantitative estimate of drug-likeness (QED) is 0.658. The van der Waals surface area contributed by atoms with Crippen LogP contribution in [-0.2, 0) is 6.42 Å². The first-order valence-corrected chi connectivity index (χ1v) is 7.81. The van der Waals surface area contributed by atoms with Crippen LogP contribution in [0.4, 0.5) is 0 Å². The van der Waals surface area contributed by atoms with Crippen molar-refractivity contribution < 1.29 is 4.74 Å². The van der Waals surface area contributed by atoms with Crippen LogP contribution in [0.25, 0.3) is 16.9 Å². The zero-order valence-electron chi connectivity index (χ0n) is 13.9. The number of aromatic nitrogens is 2. The van der Waals surface area contributed by atoms with E-state index >= 15 is 0 Å². The Morgan fingerprint density at radius 2 is 2.00 bits per heavy atom. The minimum Gasteiger partial charge on any atom is -0.489 e. The van der Waals surface area contributed by atoms with Gasteiger partial charge in [0.15, 0.2) is 0 Å². The lowest BCUT2D eigenvalue weighted by Crippen LogP contribution is -1.98. The summed E-state index contributed by atoms with van der Waals surface area (Å²) >= 11 is 0. The smallest absolute Gasteiger partial charge is 0.137 e. The summed E-state index contributed by atoms with van der Waals surface area (Å²) in [7, 11) is 0. The molecule has 0 unspecified atom stereocenters. The molecule has 0 aliphatic heterocycles. The maximum Gasteiger partial charge on any atom is 0.137 e. The fraction of sp³-hybridized carbons (Fsp3) is 0.200. The highest BCUT2D eigenvalue weighted by Gasteiger charge is 2.15. The van der Waals surface area contributed by atoms with Crippen molar-refractivity contribution >= 4 is 5.65 Å². The Bertz CT molecular complexity index is 930. The summed E-state index contributed by atoms with van der Waals surface area (Å²) in [5, 5.41) is 9.21. The fourth-order valence-corrected chi connectivity index (χ4v) is 2.71. The standard InChI is InChI=1S/C20H19N3O/c1-14(2)13-24-17-9-7-16(8-10-17)20-18(11-12-21)23-15(3)5-4-6-19(23)22-20/h4-10H,1,11,13H2,2-3H3. The number of hydrogen-bond donors (Lipinski definition) is 0. The fourth-order valence-electron chi connectivity index (χ4n) is 2.71. The average molecular weight is 317 g/mol. The predicted octanol–water partition coefficient (Wildman–Crippen LogP) is 4.33. The summed E-state index contributed by atoms with van der Waals surface area (Å²) in [5.41, 5.74) is 5.64. The van der Waals surface area contributed by atoms with E-state index in [1.807, 2.05) is 60.7 Å². The molecule has 0 aliphatic carbocycles. The number of aryl methyl sites for hydroxylation is 1. The number of pyridine rings is 1. The van der Waals surface area contributed by atoms with Crippen LogP contribution in [0.2, 0.25) is 0 Å². The summed E-state index contributed by atoms with van der Waals surface area (Å²) < 4.78 is 7.68. The van der Waals surface area contributed by atoms with Gasteiger partial charge in [0.25, 0.3) is 0 Å². The van der Waals surface area contributed by atoms with Gasteiger partial charge in [0.05, 0.1) is 23.9 Å². The van der Waals surface area contributed by atoms with Crippen molar-refractivity contribution in [2.45, 2.75) is 20.3 Å². The predicted molar refractivity (Wildman–Crippen MR) is 95.0 cm³/mol. The van der Waals surface area contributed by atoms with Crippen LogP contribution >= 0.6 is 0 Å². The minimum atomic E-state index is 0.315. The highest BCUT2D eigenvalue weighted by atomic mass is 16.5. The average Bonchev–Trinajstić information content (AvgIpc) is 2.94. The van der Waals surface area contributed by atoms with E-state index < -0.39 is 0 Å². The van der Waals surface area contributed by atoms with Crippen molar-refractivity contribution in [2.24, 2.45) is 0 Å².